The van der Waals surface area contributed by atoms with Crippen molar-refractivity contribution in [2.24, 2.45) is 23.2 Å². The molecule has 0 spiro atoms. The summed E-state index contributed by atoms with van der Waals surface area (Å²) in [6, 6.07) is -0.250. The molecule has 1 aromatic heterocycles. The van der Waals surface area contributed by atoms with Crippen LogP contribution < -0.4 is 5.32 Å². The summed E-state index contributed by atoms with van der Waals surface area (Å²) in [7, 11) is 0. The van der Waals surface area contributed by atoms with Crippen molar-refractivity contribution in [3.05, 3.63) is 16.9 Å². The predicted octanol–water partition coefficient (Wildman–Crippen LogP) is 3.54. The highest BCUT2D eigenvalue weighted by Crippen LogP contribution is 2.59. The summed E-state index contributed by atoms with van der Waals surface area (Å²) < 4.78 is 2.63. The Balaban J connectivity index is 1.39. The van der Waals surface area contributed by atoms with Gasteiger partial charge in [0.2, 0.25) is 5.91 Å². The molecule has 1 heterocycles. The third-order valence-electron chi connectivity index (χ3n) is 6.15. The van der Waals surface area contributed by atoms with Crippen molar-refractivity contribution in [1.82, 2.24) is 15.1 Å². The smallest absolute Gasteiger partial charge is 0.244 e. The number of aromatic nitrogens is 2. The average Bonchev–Trinajstić information content (AvgIpc) is 2.89. The molecule has 4 fully saturated rings. The monoisotopic (exact) mass is 365 g/mol. The second-order valence-electron chi connectivity index (χ2n) is 7.95. The van der Waals surface area contributed by atoms with Crippen LogP contribution in [0.2, 0.25) is 0 Å². The van der Waals surface area contributed by atoms with Crippen LogP contribution in [0.3, 0.4) is 0 Å². The number of halogens is 1. The van der Waals surface area contributed by atoms with Crippen molar-refractivity contribution in [2.75, 3.05) is 6.54 Å². The molecule has 22 heavy (non-hydrogen) atoms. The quantitative estimate of drug-likeness (QED) is 0.886. The first-order valence-electron chi connectivity index (χ1n) is 8.50. The van der Waals surface area contributed by atoms with Crippen LogP contribution in [0.4, 0.5) is 0 Å². The Hall–Kier alpha value is -0.840. The lowest BCUT2D eigenvalue weighted by Crippen LogP contribution is -2.51. The van der Waals surface area contributed by atoms with E-state index in [2.05, 4.69) is 26.3 Å². The summed E-state index contributed by atoms with van der Waals surface area (Å²) in [6.45, 7) is 2.77. The Morgan fingerprint density at radius 1 is 1.36 bits per heavy atom. The summed E-state index contributed by atoms with van der Waals surface area (Å²) in [6.07, 6.45) is 11.9. The molecule has 4 bridgehead atoms. The second-order valence-corrected chi connectivity index (χ2v) is 8.87. The Kier molecular flexibility index (Phi) is 3.59. The van der Waals surface area contributed by atoms with E-state index in [-0.39, 0.29) is 11.9 Å². The molecule has 1 unspecified atom stereocenters. The van der Waals surface area contributed by atoms with Gasteiger partial charge in [-0.25, -0.2) is 0 Å². The Morgan fingerprint density at radius 2 is 1.95 bits per heavy atom. The lowest BCUT2D eigenvalue weighted by molar-refractivity contribution is -0.126. The van der Waals surface area contributed by atoms with E-state index in [0.717, 1.165) is 28.8 Å². The number of nitrogens with one attached hydrogen (secondary N) is 1. The number of amides is 1. The fraction of sp³-hybridized carbons (Fsp3) is 0.765. The number of carbonyl (C=O) groups excluding carboxylic acids is 1. The minimum Gasteiger partial charge on any atom is -0.354 e. The van der Waals surface area contributed by atoms with E-state index < -0.39 is 0 Å². The Bertz CT molecular complexity index is 547. The van der Waals surface area contributed by atoms with Gasteiger partial charge in [-0.2, -0.15) is 5.10 Å². The maximum absolute atomic E-state index is 12.5. The van der Waals surface area contributed by atoms with Gasteiger partial charge in [-0.05, 0) is 84.5 Å². The molecule has 0 aliphatic heterocycles. The molecule has 1 N–H and O–H groups in total. The van der Waals surface area contributed by atoms with Gasteiger partial charge in [0.25, 0.3) is 0 Å². The standard InChI is InChI=1S/C17H24BrN3O/c1-11(21-9-15(18)8-20-21)16(22)19-10-17-5-12-2-13(6-17)4-14(3-12)7-17/h8-9,11-14H,2-7,10H2,1H3,(H,19,22). The van der Waals surface area contributed by atoms with Crippen LogP contribution >= 0.6 is 15.9 Å². The van der Waals surface area contributed by atoms with Crippen LogP contribution in [0.25, 0.3) is 0 Å². The van der Waals surface area contributed by atoms with Gasteiger partial charge in [-0.15, -0.1) is 0 Å². The summed E-state index contributed by atoms with van der Waals surface area (Å²) in [4.78, 5) is 12.5. The maximum atomic E-state index is 12.5. The van der Waals surface area contributed by atoms with Crippen LogP contribution in [0.1, 0.15) is 51.5 Å². The number of hydrogen-bond donors (Lipinski definition) is 1. The van der Waals surface area contributed by atoms with Crippen LogP contribution in [0, 0.1) is 23.2 Å². The zero-order valence-corrected chi connectivity index (χ0v) is 14.7. The van der Waals surface area contributed by atoms with Gasteiger partial charge in [-0.3, -0.25) is 9.48 Å². The van der Waals surface area contributed by atoms with Crippen molar-refractivity contribution < 1.29 is 4.79 Å². The van der Waals surface area contributed by atoms with Gasteiger partial charge >= 0.3 is 0 Å². The first kappa shape index (κ1) is 14.7. The van der Waals surface area contributed by atoms with E-state index in [0.29, 0.717) is 5.41 Å². The van der Waals surface area contributed by atoms with E-state index in [4.69, 9.17) is 0 Å². The van der Waals surface area contributed by atoms with E-state index in [1.807, 2.05) is 13.1 Å². The summed E-state index contributed by atoms with van der Waals surface area (Å²) in [5.41, 5.74) is 0.398. The fourth-order valence-corrected chi connectivity index (χ4v) is 5.88. The SMILES string of the molecule is CC(C(=O)NCC12CC3CC(CC(C3)C1)C2)n1cc(Br)cn1. The van der Waals surface area contributed by atoms with E-state index >= 15 is 0 Å². The summed E-state index contributed by atoms with van der Waals surface area (Å²) in [5, 5.41) is 7.45. The van der Waals surface area contributed by atoms with E-state index in [1.54, 1.807) is 10.9 Å². The zero-order valence-electron chi connectivity index (χ0n) is 13.1. The minimum absolute atomic E-state index is 0.0892. The number of carbonyl (C=O) groups is 1. The first-order chi connectivity index (χ1) is 10.5. The molecule has 4 nitrogen and oxygen atoms in total. The molecule has 1 atom stereocenters. The molecule has 4 aliphatic carbocycles. The molecular weight excluding hydrogens is 342 g/mol. The summed E-state index contributed by atoms with van der Waals surface area (Å²) >= 11 is 3.38. The first-order valence-corrected chi connectivity index (χ1v) is 9.30. The molecule has 4 saturated carbocycles. The molecule has 1 amide bonds. The highest BCUT2D eigenvalue weighted by atomic mass is 79.9. The average molecular weight is 366 g/mol. The van der Waals surface area contributed by atoms with Gasteiger partial charge in [-0.1, -0.05) is 0 Å². The van der Waals surface area contributed by atoms with Crippen LogP contribution in [0.15, 0.2) is 16.9 Å². The minimum atomic E-state index is -0.250. The van der Waals surface area contributed by atoms with E-state index in [9.17, 15) is 4.79 Å². The number of nitrogens with zero attached hydrogens (tertiary/aromatic N) is 2. The summed E-state index contributed by atoms with van der Waals surface area (Å²) in [5.74, 6) is 2.89. The largest absolute Gasteiger partial charge is 0.354 e. The maximum Gasteiger partial charge on any atom is 0.244 e. The highest BCUT2D eigenvalue weighted by molar-refractivity contribution is 9.10. The number of rotatable bonds is 4. The molecular formula is C17H24BrN3O. The topological polar surface area (TPSA) is 46.9 Å². The second kappa shape index (κ2) is 5.36. The number of hydrogen-bond acceptors (Lipinski definition) is 2. The predicted molar refractivity (Wildman–Crippen MR) is 88.3 cm³/mol. The molecule has 0 radical (unpaired) electrons. The lowest BCUT2D eigenvalue weighted by Gasteiger charge is -2.57. The molecule has 120 valence electrons. The fourth-order valence-electron chi connectivity index (χ4n) is 5.58. The van der Waals surface area contributed by atoms with Gasteiger partial charge in [0.05, 0.1) is 10.7 Å². The molecule has 5 rings (SSSR count). The van der Waals surface area contributed by atoms with Gasteiger partial charge < -0.3 is 5.32 Å². The Morgan fingerprint density at radius 3 is 2.45 bits per heavy atom. The van der Waals surface area contributed by atoms with Crippen molar-refractivity contribution in [1.29, 1.82) is 0 Å². The highest BCUT2D eigenvalue weighted by Gasteiger charge is 2.50. The Labute approximate surface area is 140 Å². The van der Waals surface area contributed by atoms with Crippen LogP contribution in [0.5, 0.6) is 0 Å². The zero-order chi connectivity index (χ0) is 15.3. The molecule has 1 aromatic rings. The molecule has 5 heteroatoms. The van der Waals surface area contributed by atoms with Gasteiger partial charge in [0.1, 0.15) is 6.04 Å². The van der Waals surface area contributed by atoms with Crippen molar-refractivity contribution in [3.63, 3.8) is 0 Å². The van der Waals surface area contributed by atoms with Crippen molar-refractivity contribution in [2.45, 2.75) is 51.5 Å². The molecule has 0 aromatic carbocycles. The molecule has 0 saturated heterocycles. The molecule has 4 aliphatic rings. The van der Waals surface area contributed by atoms with E-state index in [1.165, 1.54) is 38.5 Å². The van der Waals surface area contributed by atoms with Crippen LogP contribution in [-0.4, -0.2) is 22.2 Å². The van der Waals surface area contributed by atoms with Gasteiger partial charge in [0.15, 0.2) is 0 Å². The van der Waals surface area contributed by atoms with Crippen LogP contribution in [-0.2, 0) is 4.79 Å². The third kappa shape index (κ3) is 2.61. The lowest BCUT2D eigenvalue weighted by atomic mass is 9.49. The van der Waals surface area contributed by atoms with Crippen molar-refractivity contribution in [3.8, 4) is 0 Å². The van der Waals surface area contributed by atoms with Gasteiger partial charge in [0, 0.05) is 12.7 Å². The van der Waals surface area contributed by atoms with Crippen molar-refractivity contribution >= 4 is 21.8 Å². The third-order valence-corrected chi connectivity index (χ3v) is 6.56. The normalized spacial score (nSPS) is 37.3.